The number of aliphatic hydroxyl groups excluding tert-OH is 1. The fourth-order valence-electron chi connectivity index (χ4n) is 3.26. The molecule has 0 saturated carbocycles. The fourth-order valence-corrected chi connectivity index (χ4v) is 3.26. The average Bonchev–Trinajstić information content (AvgIpc) is 2.62. The van der Waals surface area contributed by atoms with Crippen molar-refractivity contribution in [2.75, 3.05) is 33.4 Å². The van der Waals surface area contributed by atoms with Crippen molar-refractivity contribution in [3.8, 4) is 0 Å². The Bertz CT molecular complexity index is 519. The Morgan fingerprint density at radius 2 is 2.12 bits per heavy atom. The molecule has 5 heteroatoms. The lowest BCUT2D eigenvalue weighted by molar-refractivity contribution is 0.0430. The van der Waals surface area contributed by atoms with Gasteiger partial charge in [0.15, 0.2) is 0 Å². The topological polar surface area (TPSA) is 61.8 Å². The second kappa shape index (κ2) is 8.49. The molecule has 2 unspecified atom stereocenters. The Kier molecular flexibility index (Phi) is 6.63. The molecule has 1 fully saturated rings. The molecule has 1 aliphatic rings. The van der Waals surface area contributed by atoms with Crippen LogP contribution in [0.3, 0.4) is 0 Å². The summed E-state index contributed by atoms with van der Waals surface area (Å²) in [6.07, 6.45) is 2.10. The highest BCUT2D eigenvalue weighted by Crippen LogP contribution is 2.34. The van der Waals surface area contributed by atoms with Crippen LogP contribution >= 0.6 is 0 Å². The third-order valence-electron chi connectivity index (χ3n) is 5.01. The molecule has 1 aromatic carbocycles. The maximum atomic E-state index is 12.5. The molecule has 0 bridgehead atoms. The van der Waals surface area contributed by atoms with Crippen molar-refractivity contribution in [2.45, 2.75) is 38.7 Å². The molecule has 0 radical (unpaired) electrons. The summed E-state index contributed by atoms with van der Waals surface area (Å²) in [6, 6.07) is 10.0. The molecule has 0 spiro atoms. The number of rotatable bonds is 6. The standard InChI is InChI=1S/C19H30N2O3/c1-19(2,14-22)17(15-8-5-4-6-9-15)12-20-18(23)21-11-7-10-16(13-21)24-3/h4-6,8-9,16-17,22H,7,10-14H2,1-3H3,(H,20,23). The lowest BCUT2D eigenvalue weighted by atomic mass is 9.75. The van der Waals surface area contributed by atoms with E-state index in [1.54, 1.807) is 7.11 Å². The van der Waals surface area contributed by atoms with Gasteiger partial charge in [0.1, 0.15) is 0 Å². The van der Waals surface area contributed by atoms with Gasteiger partial charge in [0.25, 0.3) is 0 Å². The quantitative estimate of drug-likeness (QED) is 0.841. The summed E-state index contributed by atoms with van der Waals surface area (Å²) in [5.41, 5.74) is 0.816. The largest absolute Gasteiger partial charge is 0.396 e. The monoisotopic (exact) mass is 334 g/mol. The van der Waals surface area contributed by atoms with E-state index in [0.717, 1.165) is 24.9 Å². The number of carbonyl (C=O) groups is 1. The molecule has 5 nitrogen and oxygen atoms in total. The number of amides is 2. The molecule has 0 aromatic heterocycles. The van der Waals surface area contributed by atoms with Crippen LogP contribution in [-0.2, 0) is 4.74 Å². The van der Waals surface area contributed by atoms with Gasteiger partial charge in [-0.3, -0.25) is 0 Å². The molecule has 134 valence electrons. The van der Waals surface area contributed by atoms with Gasteiger partial charge in [-0.15, -0.1) is 0 Å². The zero-order chi connectivity index (χ0) is 17.6. The van der Waals surface area contributed by atoms with E-state index in [-0.39, 0.29) is 30.1 Å². The number of hydrogen-bond donors (Lipinski definition) is 2. The smallest absolute Gasteiger partial charge is 0.317 e. The van der Waals surface area contributed by atoms with Gasteiger partial charge < -0.3 is 20.1 Å². The minimum absolute atomic E-state index is 0.0496. The number of nitrogens with zero attached hydrogens (tertiary/aromatic N) is 1. The molecule has 2 rings (SSSR count). The first-order chi connectivity index (χ1) is 11.5. The first-order valence-electron chi connectivity index (χ1n) is 8.69. The van der Waals surface area contributed by atoms with Crippen molar-refractivity contribution in [3.05, 3.63) is 35.9 Å². The summed E-state index contributed by atoms with van der Waals surface area (Å²) in [7, 11) is 1.70. The summed E-state index contributed by atoms with van der Waals surface area (Å²) >= 11 is 0. The van der Waals surface area contributed by atoms with Crippen molar-refractivity contribution < 1.29 is 14.6 Å². The van der Waals surface area contributed by atoms with Crippen LogP contribution in [0.4, 0.5) is 4.79 Å². The van der Waals surface area contributed by atoms with Crippen LogP contribution in [0.15, 0.2) is 30.3 Å². The summed E-state index contributed by atoms with van der Waals surface area (Å²) in [5.74, 6) is 0.0515. The molecular weight excluding hydrogens is 304 g/mol. The molecule has 2 N–H and O–H groups in total. The number of carbonyl (C=O) groups excluding carboxylic acids is 1. The highest BCUT2D eigenvalue weighted by Gasteiger charge is 2.31. The Morgan fingerprint density at radius 1 is 1.42 bits per heavy atom. The maximum absolute atomic E-state index is 12.5. The maximum Gasteiger partial charge on any atom is 0.317 e. The van der Waals surface area contributed by atoms with Gasteiger partial charge in [-0.2, -0.15) is 0 Å². The van der Waals surface area contributed by atoms with Crippen LogP contribution in [0, 0.1) is 5.41 Å². The number of hydrogen-bond acceptors (Lipinski definition) is 3. The highest BCUT2D eigenvalue weighted by atomic mass is 16.5. The van der Waals surface area contributed by atoms with Crippen LogP contribution in [0.1, 0.15) is 38.2 Å². The number of methoxy groups -OCH3 is 1. The van der Waals surface area contributed by atoms with E-state index in [0.29, 0.717) is 13.1 Å². The van der Waals surface area contributed by atoms with Crippen molar-refractivity contribution in [1.82, 2.24) is 10.2 Å². The SMILES string of the molecule is COC1CCCN(C(=O)NCC(c2ccccc2)C(C)(C)CO)C1. The Balaban J connectivity index is 2.01. The van der Waals surface area contributed by atoms with E-state index in [9.17, 15) is 9.90 Å². The second-order valence-corrected chi connectivity index (χ2v) is 7.24. The van der Waals surface area contributed by atoms with E-state index >= 15 is 0 Å². The molecule has 2 atom stereocenters. The predicted molar refractivity (Wildman–Crippen MR) is 95.1 cm³/mol. The first kappa shape index (κ1) is 18.7. The third kappa shape index (κ3) is 4.71. The summed E-state index contributed by atoms with van der Waals surface area (Å²) in [5, 5.41) is 12.8. The summed E-state index contributed by atoms with van der Waals surface area (Å²) in [4.78, 5) is 14.3. The van der Waals surface area contributed by atoms with Crippen LogP contribution < -0.4 is 5.32 Å². The van der Waals surface area contributed by atoms with Crippen LogP contribution in [0.25, 0.3) is 0 Å². The average molecular weight is 334 g/mol. The van der Waals surface area contributed by atoms with E-state index < -0.39 is 0 Å². The van der Waals surface area contributed by atoms with Crippen LogP contribution in [-0.4, -0.2) is 55.5 Å². The lowest BCUT2D eigenvalue weighted by Crippen LogP contribution is -2.49. The summed E-state index contributed by atoms with van der Waals surface area (Å²) < 4.78 is 5.38. The minimum Gasteiger partial charge on any atom is -0.396 e. The molecule has 0 aliphatic carbocycles. The third-order valence-corrected chi connectivity index (χ3v) is 5.01. The molecule has 1 saturated heterocycles. The van der Waals surface area contributed by atoms with Gasteiger partial charge in [0.2, 0.25) is 0 Å². The van der Waals surface area contributed by atoms with E-state index in [1.807, 2.05) is 36.9 Å². The Morgan fingerprint density at radius 3 is 2.75 bits per heavy atom. The molecule has 1 heterocycles. The van der Waals surface area contributed by atoms with Crippen molar-refractivity contribution in [1.29, 1.82) is 0 Å². The minimum atomic E-state index is -0.314. The van der Waals surface area contributed by atoms with Gasteiger partial charge >= 0.3 is 6.03 Å². The normalized spacial score (nSPS) is 19.8. The van der Waals surface area contributed by atoms with E-state index in [2.05, 4.69) is 17.4 Å². The summed E-state index contributed by atoms with van der Waals surface area (Å²) in [6.45, 7) is 6.03. The van der Waals surface area contributed by atoms with Gasteiger partial charge in [0.05, 0.1) is 6.10 Å². The van der Waals surface area contributed by atoms with Crippen molar-refractivity contribution in [2.24, 2.45) is 5.41 Å². The molecule has 2 amide bonds. The second-order valence-electron chi connectivity index (χ2n) is 7.24. The number of piperidine rings is 1. The van der Waals surface area contributed by atoms with Gasteiger partial charge in [-0.25, -0.2) is 4.79 Å². The number of likely N-dealkylation sites (tertiary alicyclic amines) is 1. The molecule has 24 heavy (non-hydrogen) atoms. The highest BCUT2D eigenvalue weighted by molar-refractivity contribution is 5.74. The van der Waals surface area contributed by atoms with Gasteiger partial charge in [0, 0.05) is 39.3 Å². The van der Waals surface area contributed by atoms with Crippen LogP contribution in [0.5, 0.6) is 0 Å². The predicted octanol–water partition coefficient (Wildman–Crippen LogP) is 2.61. The zero-order valence-electron chi connectivity index (χ0n) is 15.0. The first-order valence-corrected chi connectivity index (χ1v) is 8.69. The van der Waals surface area contributed by atoms with Gasteiger partial charge in [-0.05, 0) is 23.8 Å². The number of benzene rings is 1. The number of urea groups is 1. The Labute approximate surface area is 145 Å². The van der Waals surface area contributed by atoms with Crippen LogP contribution in [0.2, 0.25) is 0 Å². The lowest BCUT2D eigenvalue weighted by Gasteiger charge is -2.35. The number of aliphatic hydroxyl groups is 1. The van der Waals surface area contributed by atoms with Gasteiger partial charge in [-0.1, -0.05) is 44.2 Å². The molecule has 1 aliphatic heterocycles. The molecular formula is C19H30N2O3. The molecule has 1 aromatic rings. The number of nitrogens with one attached hydrogen (secondary N) is 1. The fraction of sp³-hybridized carbons (Fsp3) is 0.632. The van der Waals surface area contributed by atoms with Crippen molar-refractivity contribution in [3.63, 3.8) is 0 Å². The van der Waals surface area contributed by atoms with E-state index in [1.165, 1.54) is 0 Å². The Hall–Kier alpha value is -1.59. The number of ether oxygens (including phenoxy) is 1. The van der Waals surface area contributed by atoms with Crippen molar-refractivity contribution >= 4 is 6.03 Å². The zero-order valence-corrected chi connectivity index (χ0v) is 15.0. The van der Waals surface area contributed by atoms with E-state index in [4.69, 9.17) is 4.74 Å².